The first-order valence-corrected chi connectivity index (χ1v) is 6.91. The second-order valence-electron chi connectivity index (χ2n) is 5.14. The molecule has 0 aliphatic carbocycles. The van der Waals surface area contributed by atoms with Crippen molar-refractivity contribution in [2.24, 2.45) is 0 Å². The van der Waals surface area contributed by atoms with E-state index in [9.17, 15) is 4.79 Å². The summed E-state index contributed by atoms with van der Waals surface area (Å²) >= 11 is 0. The van der Waals surface area contributed by atoms with Gasteiger partial charge in [-0.2, -0.15) is 0 Å². The SMILES string of the molecule is CC(=O)N1N[C@H](c2ccccc2)C[C@@H]1c1ccccc1. The summed E-state index contributed by atoms with van der Waals surface area (Å²) in [6.45, 7) is 1.61. The number of hydrogen-bond donors (Lipinski definition) is 1. The molecule has 20 heavy (non-hydrogen) atoms. The standard InChI is InChI=1S/C17H18N2O/c1-13(20)19-17(15-10-6-3-7-11-15)12-16(18-19)14-8-4-2-5-9-14/h2-11,16-18H,12H2,1H3/t16-,17+/m0/s1. The lowest BCUT2D eigenvalue weighted by Gasteiger charge is -2.23. The van der Waals surface area contributed by atoms with Crippen LogP contribution in [0.3, 0.4) is 0 Å². The van der Waals surface area contributed by atoms with Gasteiger partial charge in [0.2, 0.25) is 5.91 Å². The minimum atomic E-state index is 0.0530. The minimum absolute atomic E-state index is 0.0530. The van der Waals surface area contributed by atoms with Crippen LogP contribution in [0, 0.1) is 0 Å². The smallest absolute Gasteiger partial charge is 0.234 e. The van der Waals surface area contributed by atoms with Crippen LogP contribution in [0.4, 0.5) is 0 Å². The van der Waals surface area contributed by atoms with E-state index in [0.717, 1.165) is 6.42 Å². The average molecular weight is 266 g/mol. The van der Waals surface area contributed by atoms with Crippen molar-refractivity contribution in [1.29, 1.82) is 0 Å². The van der Waals surface area contributed by atoms with Crippen molar-refractivity contribution >= 4 is 5.91 Å². The molecule has 1 fully saturated rings. The van der Waals surface area contributed by atoms with E-state index >= 15 is 0 Å². The van der Waals surface area contributed by atoms with Crippen molar-refractivity contribution in [3.63, 3.8) is 0 Å². The molecule has 2 atom stereocenters. The topological polar surface area (TPSA) is 32.3 Å². The summed E-state index contributed by atoms with van der Waals surface area (Å²) in [5.41, 5.74) is 5.73. The van der Waals surface area contributed by atoms with Gasteiger partial charge in [-0.3, -0.25) is 9.80 Å². The van der Waals surface area contributed by atoms with Gasteiger partial charge < -0.3 is 0 Å². The third-order valence-electron chi connectivity index (χ3n) is 3.79. The maximum Gasteiger partial charge on any atom is 0.234 e. The van der Waals surface area contributed by atoms with Gasteiger partial charge >= 0.3 is 0 Å². The number of hydrogen-bond acceptors (Lipinski definition) is 2. The van der Waals surface area contributed by atoms with Gasteiger partial charge in [-0.25, -0.2) is 5.43 Å². The molecule has 0 bridgehead atoms. The fourth-order valence-electron chi connectivity index (χ4n) is 2.81. The van der Waals surface area contributed by atoms with E-state index in [1.54, 1.807) is 11.9 Å². The van der Waals surface area contributed by atoms with Gasteiger partial charge in [-0.05, 0) is 17.5 Å². The van der Waals surface area contributed by atoms with Crippen LogP contribution in [-0.4, -0.2) is 10.9 Å². The predicted octanol–water partition coefficient (Wildman–Crippen LogP) is 3.23. The third kappa shape index (κ3) is 2.45. The van der Waals surface area contributed by atoms with E-state index < -0.39 is 0 Å². The Balaban J connectivity index is 1.89. The molecule has 0 aromatic heterocycles. The Morgan fingerprint density at radius 3 is 2.10 bits per heavy atom. The number of benzene rings is 2. The van der Waals surface area contributed by atoms with Gasteiger partial charge in [0, 0.05) is 6.92 Å². The number of hydrazine groups is 1. The zero-order chi connectivity index (χ0) is 13.9. The summed E-state index contributed by atoms with van der Waals surface area (Å²) < 4.78 is 0. The number of nitrogens with zero attached hydrogens (tertiary/aromatic N) is 1. The number of rotatable bonds is 2. The molecule has 1 aliphatic heterocycles. The largest absolute Gasteiger partial charge is 0.274 e. The van der Waals surface area contributed by atoms with Crippen LogP contribution in [0.15, 0.2) is 60.7 Å². The quantitative estimate of drug-likeness (QED) is 0.905. The lowest BCUT2D eigenvalue weighted by molar-refractivity contribution is -0.132. The molecule has 3 nitrogen and oxygen atoms in total. The Labute approximate surface area is 119 Å². The normalized spacial score (nSPS) is 21.9. The van der Waals surface area contributed by atoms with E-state index in [-0.39, 0.29) is 18.0 Å². The zero-order valence-corrected chi connectivity index (χ0v) is 11.5. The van der Waals surface area contributed by atoms with E-state index in [1.807, 2.05) is 36.4 Å². The van der Waals surface area contributed by atoms with Crippen molar-refractivity contribution in [2.45, 2.75) is 25.4 Å². The van der Waals surface area contributed by atoms with E-state index in [1.165, 1.54) is 11.1 Å². The highest BCUT2D eigenvalue weighted by Crippen LogP contribution is 2.36. The van der Waals surface area contributed by atoms with Gasteiger partial charge in [-0.1, -0.05) is 60.7 Å². The molecule has 1 amide bonds. The first kappa shape index (κ1) is 12.9. The van der Waals surface area contributed by atoms with Crippen LogP contribution in [0.5, 0.6) is 0 Å². The number of carbonyl (C=O) groups is 1. The van der Waals surface area contributed by atoms with E-state index in [0.29, 0.717) is 0 Å². The zero-order valence-electron chi connectivity index (χ0n) is 11.5. The summed E-state index contributed by atoms with van der Waals surface area (Å²) in [5, 5.41) is 1.76. The molecule has 0 saturated carbocycles. The Kier molecular flexibility index (Phi) is 3.52. The first-order valence-electron chi connectivity index (χ1n) is 6.91. The fourth-order valence-corrected chi connectivity index (χ4v) is 2.81. The van der Waals surface area contributed by atoms with Crippen LogP contribution in [-0.2, 0) is 4.79 Å². The van der Waals surface area contributed by atoms with Crippen molar-refractivity contribution < 1.29 is 4.79 Å². The second-order valence-corrected chi connectivity index (χ2v) is 5.14. The molecule has 0 unspecified atom stereocenters. The Morgan fingerprint density at radius 2 is 1.55 bits per heavy atom. The van der Waals surface area contributed by atoms with E-state index in [2.05, 4.69) is 29.7 Å². The predicted molar refractivity (Wildman–Crippen MR) is 78.6 cm³/mol. The summed E-state index contributed by atoms with van der Waals surface area (Å²) in [6, 6.07) is 20.7. The van der Waals surface area contributed by atoms with E-state index in [4.69, 9.17) is 0 Å². The molecule has 0 spiro atoms. The Bertz CT molecular complexity index is 582. The van der Waals surface area contributed by atoms with Crippen LogP contribution < -0.4 is 5.43 Å². The molecule has 2 aromatic rings. The summed E-state index contributed by atoms with van der Waals surface area (Å²) in [7, 11) is 0. The van der Waals surface area contributed by atoms with Crippen LogP contribution in [0.2, 0.25) is 0 Å². The molecule has 1 aliphatic rings. The maximum atomic E-state index is 11.9. The number of amides is 1. The molecule has 102 valence electrons. The molecular weight excluding hydrogens is 248 g/mol. The van der Waals surface area contributed by atoms with Crippen LogP contribution in [0.25, 0.3) is 0 Å². The highest BCUT2D eigenvalue weighted by molar-refractivity contribution is 5.73. The summed E-state index contributed by atoms with van der Waals surface area (Å²) in [4.78, 5) is 11.9. The highest BCUT2D eigenvalue weighted by Gasteiger charge is 2.34. The molecular formula is C17H18N2O. The van der Waals surface area contributed by atoms with Crippen LogP contribution >= 0.6 is 0 Å². The maximum absolute atomic E-state index is 11.9. The van der Waals surface area contributed by atoms with Crippen molar-refractivity contribution in [3.8, 4) is 0 Å². The molecule has 1 saturated heterocycles. The molecule has 1 N–H and O–H groups in total. The lowest BCUT2D eigenvalue weighted by atomic mass is 9.97. The van der Waals surface area contributed by atoms with Crippen molar-refractivity contribution in [3.05, 3.63) is 71.8 Å². The van der Waals surface area contributed by atoms with Gasteiger partial charge in [0.1, 0.15) is 0 Å². The molecule has 1 heterocycles. The third-order valence-corrected chi connectivity index (χ3v) is 3.79. The van der Waals surface area contributed by atoms with Crippen molar-refractivity contribution in [1.82, 2.24) is 10.4 Å². The summed E-state index contributed by atoms with van der Waals surface area (Å²) in [6.07, 6.45) is 0.896. The average Bonchev–Trinajstić information content (AvgIpc) is 2.94. The lowest BCUT2D eigenvalue weighted by Crippen LogP contribution is -2.37. The minimum Gasteiger partial charge on any atom is -0.274 e. The fraction of sp³-hybridized carbons (Fsp3) is 0.235. The molecule has 0 radical (unpaired) electrons. The first-order chi connectivity index (χ1) is 9.75. The highest BCUT2D eigenvalue weighted by atomic mass is 16.2. The monoisotopic (exact) mass is 266 g/mol. The van der Waals surface area contributed by atoms with Crippen LogP contribution in [0.1, 0.15) is 36.6 Å². The molecule has 3 heteroatoms. The summed E-state index contributed by atoms with van der Waals surface area (Å²) in [5.74, 6) is 0.0530. The van der Waals surface area contributed by atoms with Gasteiger partial charge in [0.15, 0.2) is 0 Å². The van der Waals surface area contributed by atoms with Crippen molar-refractivity contribution in [2.75, 3.05) is 0 Å². The van der Waals surface area contributed by atoms with Gasteiger partial charge in [0.25, 0.3) is 0 Å². The Hall–Kier alpha value is -2.13. The molecule has 2 aromatic carbocycles. The Morgan fingerprint density at radius 1 is 1.00 bits per heavy atom. The van der Waals surface area contributed by atoms with Gasteiger partial charge in [0.05, 0.1) is 12.1 Å². The second kappa shape index (κ2) is 5.47. The van der Waals surface area contributed by atoms with Gasteiger partial charge in [-0.15, -0.1) is 0 Å². The number of nitrogens with one attached hydrogen (secondary N) is 1. The molecule has 3 rings (SSSR count). The number of carbonyl (C=O) groups excluding carboxylic acids is 1.